The average Bonchev–Trinajstić information content (AvgIpc) is 2.17. The Morgan fingerprint density at radius 2 is 2.00 bits per heavy atom. The maximum atomic E-state index is 11.6. The van der Waals surface area contributed by atoms with Crippen LogP contribution in [0.4, 0.5) is 5.69 Å². The van der Waals surface area contributed by atoms with Gasteiger partial charge in [0, 0.05) is 17.6 Å². The topological polar surface area (TPSA) is 113 Å². The van der Waals surface area contributed by atoms with Crippen molar-refractivity contribution in [2.24, 2.45) is 5.73 Å². The molecule has 0 radical (unpaired) electrons. The number of carboxylic acid groups (broad SMARTS) is 1. The smallest absolute Gasteiger partial charge is 0.339 e. The van der Waals surface area contributed by atoms with Crippen molar-refractivity contribution in [1.29, 1.82) is 0 Å². The molecule has 0 aromatic heterocycles. The van der Waals surface area contributed by atoms with Crippen molar-refractivity contribution in [2.75, 3.05) is 5.32 Å². The zero-order valence-corrected chi connectivity index (χ0v) is 10.2. The molecule has 1 aromatic carbocycles. The Morgan fingerprint density at radius 1 is 1.39 bits per heavy atom. The van der Waals surface area contributed by atoms with Gasteiger partial charge in [-0.25, -0.2) is 4.79 Å². The molecule has 0 aliphatic heterocycles. The number of hydrogen-bond donors (Lipinski definition) is 4. The predicted octanol–water partition coefficient (Wildman–Crippen LogP) is 1.16. The number of nitrogens with one attached hydrogen (secondary N) is 1. The molecule has 0 heterocycles. The first-order chi connectivity index (χ1) is 8.19. The zero-order valence-electron chi connectivity index (χ0n) is 10.2. The van der Waals surface area contributed by atoms with E-state index in [4.69, 9.17) is 10.8 Å². The Hall–Kier alpha value is -2.08. The fourth-order valence-corrected chi connectivity index (χ4v) is 1.40. The van der Waals surface area contributed by atoms with Crippen molar-refractivity contribution in [2.45, 2.75) is 25.8 Å². The molecule has 0 atom stereocenters. The van der Waals surface area contributed by atoms with Gasteiger partial charge in [0.1, 0.15) is 11.3 Å². The number of carbonyl (C=O) groups is 2. The Kier molecular flexibility index (Phi) is 3.93. The molecule has 0 aliphatic carbocycles. The van der Waals surface area contributed by atoms with Gasteiger partial charge in [-0.2, -0.15) is 0 Å². The molecule has 0 spiro atoms. The normalized spacial score (nSPS) is 11.1. The highest BCUT2D eigenvalue weighted by Gasteiger charge is 2.17. The minimum atomic E-state index is -1.26. The molecule has 0 aliphatic rings. The van der Waals surface area contributed by atoms with Gasteiger partial charge in [0.25, 0.3) is 0 Å². The molecule has 5 N–H and O–H groups in total. The number of hydrogen-bond acceptors (Lipinski definition) is 4. The largest absolute Gasteiger partial charge is 0.507 e. The summed E-state index contributed by atoms with van der Waals surface area (Å²) < 4.78 is 0. The molecule has 0 fully saturated rings. The van der Waals surface area contributed by atoms with E-state index in [1.54, 1.807) is 13.8 Å². The summed E-state index contributed by atoms with van der Waals surface area (Å²) in [4.78, 5) is 22.4. The average molecular weight is 252 g/mol. The lowest BCUT2D eigenvalue weighted by molar-refractivity contribution is -0.117. The minimum Gasteiger partial charge on any atom is -0.507 e. The summed E-state index contributed by atoms with van der Waals surface area (Å²) in [6, 6.07) is 3.83. The zero-order chi connectivity index (χ0) is 13.9. The van der Waals surface area contributed by atoms with Crippen LogP contribution in [0.3, 0.4) is 0 Å². The number of carboxylic acids is 1. The second-order valence-corrected chi connectivity index (χ2v) is 4.75. The third kappa shape index (κ3) is 4.06. The van der Waals surface area contributed by atoms with E-state index in [9.17, 15) is 14.7 Å². The second kappa shape index (κ2) is 5.05. The molecule has 6 heteroatoms. The first kappa shape index (κ1) is 14.0. The number of nitrogens with two attached hydrogens (primary N) is 1. The van der Waals surface area contributed by atoms with Crippen LogP contribution in [0, 0.1) is 0 Å². The quantitative estimate of drug-likeness (QED) is 0.600. The molecular weight excluding hydrogens is 236 g/mol. The van der Waals surface area contributed by atoms with Gasteiger partial charge in [-0.3, -0.25) is 4.79 Å². The van der Waals surface area contributed by atoms with Gasteiger partial charge in [0.05, 0.1) is 0 Å². The summed E-state index contributed by atoms with van der Waals surface area (Å²) in [5.41, 5.74) is 5.10. The van der Waals surface area contributed by atoms with Gasteiger partial charge < -0.3 is 21.3 Å². The van der Waals surface area contributed by atoms with Gasteiger partial charge in [-0.1, -0.05) is 0 Å². The number of phenols is 1. The monoisotopic (exact) mass is 252 g/mol. The van der Waals surface area contributed by atoms with Crippen molar-refractivity contribution < 1.29 is 19.8 Å². The van der Waals surface area contributed by atoms with Crippen molar-refractivity contribution >= 4 is 17.6 Å². The van der Waals surface area contributed by atoms with E-state index in [1.165, 1.54) is 18.2 Å². The molecule has 0 saturated heterocycles. The molecule has 18 heavy (non-hydrogen) atoms. The standard InChI is InChI=1S/C12H16N2O4/c1-12(2,13)6-10(16)14-7-3-4-9(15)8(5-7)11(17)18/h3-5,15H,6,13H2,1-2H3,(H,14,16)(H,17,18). The van der Waals surface area contributed by atoms with Gasteiger partial charge in [0.2, 0.25) is 5.91 Å². The van der Waals surface area contributed by atoms with Crippen molar-refractivity contribution in [1.82, 2.24) is 0 Å². The maximum absolute atomic E-state index is 11.6. The molecule has 1 aromatic rings. The maximum Gasteiger partial charge on any atom is 0.339 e. The summed E-state index contributed by atoms with van der Waals surface area (Å²) in [5, 5.41) is 20.7. The molecule has 6 nitrogen and oxygen atoms in total. The predicted molar refractivity (Wildman–Crippen MR) is 66.6 cm³/mol. The van der Waals surface area contributed by atoms with E-state index in [-0.39, 0.29) is 23.6 Å². The van der Waals surface area contributed by atoms with Crippen molar-refractivity contribution in [3.05, 3.63) is 23.8 Å². The number of carbonyl (C=O) groups excluding carboxylic acids is 1. The Morgan fingerprint density at radius 3 is 2.50 bits per heavy atom. The second-order valence-electron chi connectivity index (χ2n) is 4.75. The molecule has 98 valence electrons. The third-order valence-corrected chi connectivity index (χ3v) is 2.13. The number of amides is 1. The summed E-state index contributed by atoms with van der Waals surface area (Å²) in [6.07, 6.45) is 0.107. The van der Waals surface area contributed by atoms with Crippen LogP contribution in [0.1, 0.15) is 30.6 Å². The van der Waals surface area contributed by atoms with Crippen LogP contribution in [-0.2, 0) is 4.79 Å². The van der Waals surface area contributed by atoms with E-state index in [0.717, 1.165) is 0 Å². The fourth-order valence-electron chi connectivity index (χ4n) is 1.40. The highest BCUT2D eigenvalue weighted by atomic mass is 16.4. The van der Waals surface area contributed by atoms with Crippen LogP contribution in [0.15, 0.2) is 18.2 Å². The van der Waals surface area contributed by atoms with E-state index < -0.39 is 11.5 Å². The van der Waals surface area contributed by atoms with Crippen LogP contribution in [0.25, 0.3) is 0 Å². The molecule has 0 saturated carbocycles. The van der Waals surface area contributed by atoms with Crippen LogP contribution < -0.4 is 11.1 Å². The van der Waals surface area contributed by atoms with Gasteiger partial charge in [-0.05, 0) is 32.0 Å². The van der Waals surface area contributed by atoms with Crippen LogP contribution in [-0.4, -0.2) is 27.6 Å². The first-order valence-electron chi connectivity index (χ1n) is 5.34. The summed E-state index contributed by atoms with van der Waals surface area (Å²) >= 11 is 0. The number of rotatable bonds is 4. The van der Waals surface area contributed by atoms with Gasteiger partial charge in [0.15, 0.2) is 0 Å². The van der Waals surface area contributed by atoms with E-state index in [1.807, 2.05) is 0 Å². The highest BCUT2D eigenvalue weighted by molar-refractivity contribution is 5.95. The number of benzene rings is 1. The summed E-state index contributed by atoms with van der Waals surface area (Å²) in [6.45, 7) is 3.43. The van der Waals surface area contributed by atoms with Crippen LogP contribution in [0.2, 0.25) is 0 Å². The van der Waals surface area contributed by atoms with Crippen molar-refractivity contribution in [3.63, 3.8) is 0 Å². The molecule has 0 bridgehead atoms. The van der Waals surface area contributed by atoms with E-state index >= 15 is 0 Å². The molecule has 1 rings (SSSR count). The first-order valence-corrected chi connectivity index (χ1v) is 5.34. The number of aromatic carboxylic acids is 1. The SMILES string of the molecule is CC(C)(N)CC(=O)Nc1ccc(O)c(C(=O)O)c1. The lowest BCUT2D eigenvalue weighted by Crippen LogP contribution is -2.36. The van der Waals surface area contributed by atoms with Gasteiger partial charge in [-0.15, -0.1) is 0 Å². The fraction of sp³-hybridized carbons (Fsp3) is 0.333. The van der Waals surface area contributed by atoms with Crippen LogP contribution in [0.5, 0.6) is 5.75 Å². The number of aromatic hydroxyl groups is 1. The molecule has 1 amide bonds. The Balaban J connectivity index is 2.83. The molecule has 0 unspecified atom stereocenters. The van der Waals surface area contributed by atoms with E-state index in [0.29, 0.717) is 5.69 Å². The Labute approximate surface area is 104 Å². The van der Waals surface area contributed by atoms with Crippen molar-refractivity contribution in [3.8, 4) is 5.75 Å². The minimum absolute atomic E-state index is 0.107. The third-order valence-electron chi connectivity index (χ3n) is 2.13. The summed E-state index contributed by atoms with van der Waals surface area (Å²) in [5.74, 6) is -1.92. The van der Waals surface area contributed by atoms with Gasteiger partial charge >= 0.3 is 5.97 Å². The molecular formula is C12H16N2O4. The lowest BCUT2D eigenvalue weighted by Gasteiger charge is -2.17. The Bertz CT molecular complexity index is 477. The van der Waals surface area contributed by atoms with E-state index in [2.05, 4.69) is 5.32 Å². The van der Waals surface area contributed by atoms with Crippen LogP contribution >= 0.6 is 0 Å². The highest BCUT2D eigenvalue weighted by Crippen LogP contribution is 2.21. The lowest BCUT2D eigenvalue weighted by atomic mass is 10.0. The number of anilines is 1. The summed E-state index contributed by atoms with van der Waals surface area (Å²) in [7, 11) is 0.